The van der Waals surface area contributed by atoms with Crippen LogP contribution in [0.3, 0.4) is 0 Å². The number of thiophene rings is 1. The van der Waals surface area contributed by atoms with E-state index in [0.717, 1.165) is 61.2 Å². The topological polar surface area (TPSA) is 18.5 Å². The molecular weight excluding hydrogens is 496 g/mol. The normalized spacial score (nSPS) is 13.1. The minimum atomic E-state index is 0.719. The van der Waals surface area contributed by atoms with Crippen LogP contribution in [-0.2, 0) is 0 Å². The fraction of sp³-hybridized carbons (Fsp3) is 0.556. The number of benzene rings is 2. The lowest BCUT2D eigenvalue weighted by Gasteiger charge is -2.14. The second-order valence-electron chi connectivity index (χ2n) is 12.4. The smallest absolute Gasteiger partial charge is 0.119 e. The Hall–Kier alpha value is -2.26. The lowest BCUT2D eigenvalue weighted by molar-refractivity contribution is 0.275. The molecule has 1 heterocycles. The third-order valence-electron chi connectivity index (χ3n) is 7.71. The summed E-state index contributed by atoms with van der Waals surface area (Å²) in [6.07, 6.45) is 10.1. The van der Waals surface area contributed by atoms with Crippen molar-refractivity contribution >= 4 is 11.3 Å². The van der Waals surface area contributed by atoms with E-state index >= 15 is 0 Å². The molecule has 214 valence electrons. The molecule has 2 aromatic carbocycles. The van der Waals surface area contributed by atoms with Crippen LogP contribution in [0.1, 0.15) is 92.9 Å². The van der Waals surface area contributed by atoms with Crippen LogP contribution in [0.25, 0.3) is 22.3 Å². The van der Waals surface area contributed by atoms with Crippen LogP contribution in [0.4, 0.5) is 0 Å². The zero-order valence-electron chi connectivity index (χ0n) is 25.4. The van der Waals surface area contributed by atoms with Crippen molar-refractivity contribution in [3.05, 3.63) is 59.3 Å². The van der Waals surface area contributed by atoms with Crippen LogP contribution in [0.2, 0.25) is 0 Å². The molecule has 0 fully saturated rings. The summed E-state index contributed by atoms with van der Waals surface area (Å²) < 4.78 is 12.1. The van der Waals surface area contributed by atoms with Gasteiger partial charge in [0, 0.05) is 11.1 Å². The fourth-order valence-corrected chi connectivity index (χ4v) is 5.87. The maximum Gasteiger partial charge on any atom is 0.119 e. The highest BCUT2D eigenvalue weighted by molar-refractivity contribution is 7.08. The van der Waals surface area contributed by atoms with Crippen LogP contribution in [-0.4, -0.2) is 13.2 Å². The summed E-state index contributed by atoms with van der Waals surface area (Å²) in [5, 5.41) is 4.49. The van der Waals surface area contributed by atoms with E-state index in [4.69, 9.17) is 9.47 Å². The van der Waals surface area contributed by atoms with Crippen LogP contribution >= 0.6 is 11.3 Å². The van der Waals surface area contributed by atoms with Crippen molar-refractivity contribution in [3.8, 4) is 33.8 Å². The Morgan fingerprint density at radius 1 is 0.513 bits per heavy atom. The van der Waals surface area contributed by atoms with Gasteiger partial charge in [0.05, 0.1) is 13.2 Å². The predicted octanol–water partition coefficient (Wildman–Crippen LogP) is 11.5. The van der Waals surface area contributed by atoms with E-state index in [9.17, 15) is 0 Å². The molecule has 2 unspecified atom stereocenters. The molecule has 2 atom stereocenters. The van der Waals surface area contributed by atoms with Crippen LogP contribution in [0.5, 0.6) is 11.5 Å². The second-order valence-corrected chi connectivity index (χ2v) is 13.1. The van der Waals surface area contributed by atoms with Gasteiger partial charge in [-0.25, -0.2) is 0 Å². The average molecular weight is 549 g/mol. The molecule has 0 spiro atoms. The molecule has 2 nitrogen and oxygen atoms in total. The second kappa shape index (κ2) is 16.8. The Morgan fingerprint density at radius 3 is 1.26 bits per heavy atom. The van der Waals surface area contributed by atoms with Gasteiger partial charge in [-0.05, 0) is 82.7 Å². The third-order valence-corrected chi connectivity index (χ3v) is 8.45. The number of ether oxygens (including phenoxy) is 2. The monoisotopic (exact) mass is 548 g/mol. The van der Waals surface area contributed by atoms with Crippen LogP contribution < -0.4 is 9.47 Å². The zero-order valence-corrected chi connectivity index (χ0v) is 26.2. The molecule has 39 heavy (non-hydrogen) atoms. The Bertz CT molecular complexity index is 964. The quantitative estimate of drug-likeness (QED) is 0.157. The summed E-state index contributed by atoms with van der Waals surface area (Å²) in [7, 11) is 0. The molecular formula is C36H52O2S. The Labute approximate surface area is 243 Å². The Kier molecular flexibility index (Phi) is 13.4. The average Bonchev–Trinajstić information content (AvgIpc) is 3.39. The van der Waals surface area contributed by atoms with Gasteiger partial charge in [-0.15, -0.1) is 0 Å². The van der Waals surface area contributed by atoms with Gasteiger partial charge >= 0.3 is 0 Å². The van der Waals surface area contributed by atoms with Crippen molar-refractivity contribution < 1.29 is 9.47 Å². The van der Waals surface area contributed by atoms with Gasteiger partial charge in [0.15, 0.2) is 0 Å². The zero-order chi connectivity index (χ0) is 28.0. The maximum atomic E-state index is 6.07. The first-order valence-corrected chi connectivity index (χ1v) is 16.3. The van der Waals surface area contributed by atoms with Gasteiger partial charge in [-0.3, -0.25) is 0 Å². The van der Waals surface area contributed by atoms with E-state index in [1.165, 1.54) is 60.8 Å². The summed E-state index contributed by atoms with van der Waals surface area (Å²) in [4.78, 5) is 0. The summed E-state index contributed by atoms with van der Waals surface area (Å²) in [6.45, 7) is 15.5. The Morgan fingerprint density at radius 2 is 0.897 bits per heavy atom. The molecule has 3 aromatic rings. The van der Waals surface area contributed by atoms with E-state index in [0.29, 0.717) is 0 Å². The predicted molar refractivity (Wildman–Crippen MR) is 171 cm³/mol. The Balaban J connectivity index is 1.47. The highest BCUT2D eigenvalue weighted by atomic mass is 32.1. The van der Waals surface area contributed by atoms with E-state index in [2.05, 4.69) is 101 Å². The van der Waals surface area contributed by atoms with Gasteiger partial charge < -0.3 is 9.47 Å². The van der Waals surface area contributed by atoms with Crippen molar-refractivity contribution in [2.75, 3.05) is 13.2 Å². The summed E-state index contributed by atoms with van der Waals surface area (Å²) in [6, 6.07) is 17.2. The molecule has 3 rings (SSSR count). The van der Waals surface area contributed by atoms with Crippen LogP contribution in [0, 0.1) is 23.7 Å². The van der Waals surface area contributed by atoms with Crippen molar-refractivity contribution in [3.63, 3.8) is 0 Å². The molecule has 0 saturated heterocycles. The molecule has 0 amide bonds. The first-order chi connectivity index (χ1) is 18.8. The summed E-state index contributed by atoms with van der Waals surface area (Å²) in [5.74, 6) is 4.96. The summed E-state index contributed by atoms with van der Waals surface area (Å²) >= 11 is 1.75. The van der Waals surface area contributed by atoms with E-state index in [1.807, 2.05) is 0 Å². The lowest BCUT2D eigenvalue weighted by atomic mass is 9.97. The highest BCUT2D eigenvalue weighted by Gasteiger charge is 2.11. The lowest BCUT2D eigenvalue weighted by Crippen LogP contribution is -2.04. The standard InChI is InChI=1S/C36H52O2S/c1-27(2)9-7-11-29(5)21-23-37-33-17-13-31(14-18-33)35-25-39-26-36(35)32-15-19-34(20-16-32)38-24-22-30(6)12-8-10-28(3)4/h13-20,25-30H,7-12,21-24H2,1-6H3. The molecule has 3 heteroatoms. The molecule has 0 aliphatic rings. The van der Waals surface area contributed by atoms with Gasteiger partial charge in [-0.2, -0.15) is 11.3 Å². The molecule has 1 aromatic heterocycles. The third kappa shape index (κ3) is 11.4. The number of rotatable bonds is 18. The molecule has 0 aliphatic heterocycles. The number of hydrogen-bond acceptors (Lipinski definition) is 3. The first kappa shape index (κ1) is 31.3. The van der Waals surface area contributed by atoms with Gasteiger partial charge in [0.2, 0.25) is 0 Å². The molecule has 0 aliphatic carbocycles. The fourth-order valence-electron chi connectivity index (χ4n) is 5.00. The summed E-state index contributed by atoms with van der Waals surface area (Å²) in [5.41, 5.74) is 5.00. The van der Waals surface area contributed by atoms with Crippen molar-refractivity contribution in [2.45, 2.75) is 92.9 Å². The SMILES string of the molecule is CC(C)CCCC(C)CCOc1ccc(-c2cscc2-c2ccc(OCCC(C)CCCC(C)C)cc2)cc1. The molecule has 0 N–H and O–H groups in total. The van der Waals surface area contributed by atoms with Crippen molar-refractivity contribution in [1.29, 1.82) is 0 Å². The van der Waals surface area contributed by atoms with E-state index in [1.54, 1.807) is 11.3 Å². The van der Waals surface area contributed by atoms with Gasteiger partial charge in [0.25, 0.3) is 0 Å². The molecule has 0 bridgehead atoms. The molecule has 0 radical (unpaired) electrons. The molecule has 0 saturated carbocycles. The highest BCUT2D eigenvalue weighted by Crippen LogP contribution is 2.36. The van der Waals surface area contributed by atoms with E-state index < -0.39 is 0 Å². The largest absolute Gasteiger partial charge is 0.494 e. The minimum Gasteiger partial charge on any atom is -0.494 e. The van der Waals surface area contributed by atoms with E-state index in [-0.39, 0.29) is 0 Å². The minimum absolute atomic E-state index is 0.719. The van der Waals surface area contributed by atoms with Crippen LogP contribution in [0.15, 0.2) is 59.3 Å². The first-order valence-electron chi connectivity index (χ1n) is 15.3. The maximum absolute atomic E-state index is 6.07. The van der Waals surface area contributed by atoms with Gasteiger partial charge in [-0.1, -0.05) is 104 Å². The van der Waals surface area contributed by atoms with Crippen molar-refractivity contribution in [1.82, 2.24) is 0 Å². The van der Waals surface area contributed by atoms with Crippen molar-refractivity contribution in [2.24, 2.45) is 23.7 Å². The van der Waals surface area contributed by atoms with Gasteiger partial charge in [0.1, 0.15) is 11.5 Å². The number of hydrogen-bond donors (Lipinski definition) is 0.